The van der Waals surface area contributed by atoms with E-state index in [1.807, 2.05) is 0 Å². The number of ether oxygens (including phenoxy) is 3. The van der Waals surface area contributed by atoms with Crippen molar-refractivity contribution in [1.82, 2.24) is 0 Å². The van der Waals surface area contributed by atoms with Crippen LogP contribution in [-0.2, 0) is 10.3 Å². The number of aromatic hydroxyl groups is 1. The lowest BCUT2D eigenvalue weighted by Crippen LogP contribution is -2.33. The molecule has 4 aromatic carbocycles. The monoisotopic (exact) mass is 499 g/mol. The number of carbonyl (C=O) groups is 2. The van der Waals surface area contributed by atoms with Crippen LogP contribution < -0.4 is 9.47 Å². The Kier molecular flexibility index (Phi) is 4.74. The Morgan fingerprint density at radius 2 is 1.68 bits per heavy atom. The molecule has 182 valence electrons. The topological polar surface area (TPSA) is 125 Å². The molecule has 1 N–H and O–H groups in total. The Hall–Kier alpha value is -5.25. The minimum Gasteiger partial charge on any atom is -0.508 e. The molecule has 0 radical (unpaired) electrons. The number of fused-ring (bicyclic) bond motifs is 6. The van der Waals surface area contributed by atoms with Gasteiger partial charge in [0.2, 0.25) is 0 Å². The van der Waals surface area contributed by atoms with Crippen LogP contribution in [0, 0.1) is 15.9 Å². The zero-order chi connectivity index (χ0) is 25.9. The molecule has 0 aromatic heterocycles. The largest absolute Gasteiger partial charge is 0.508 e. The van der Waals surface area contributed by atoms with Crippen LogP contribution in [0.3, 0.4) is 0 Å². The van der Waals surface area contributed by atoms with Crippen LogP contribution in [0.1, 0.15) is 37.4 Å². The van der Waals surface area contributed by atoms with Gasteiger partial charge in [0, 0.05) is 41.0 Å². The van der Waals surface area contributed by atoms with Crippen LogP contribution in [0.2, 0.25) is 0 Å². The molecule has 2 aliphatic heterocycles. The molecule has 2 aliphatic rings. The summed E-state index contributed by atoms with van der Waals surface area (Å²) in [7, 11) is 0. The van der Waals surface area contributed by atoms with E-state index < -0.39 is 39.5 Å². The summed E-state index contributed by atoms with van der Waals surface area (Å²) < 4.78 is 31.5. The molecule has 2 heterocycles. The molecule has 4 aromatic rings. The predicted molar refractivity (Wildman–Crippen MR) is 124 cm³/mol. The van der Waals surface area contributed by atoms with Crippen LogP contribution in [0.25, 0.3) is 0 Å². The van der Waals surface area contributed by atoms with Crippen molar-refractivity contribution in [3.05, 3.63) is 123 Å². The zero-order valence-electron chi connectivity index (χ0n) is 18.6. The number of nitrogens with zero attached hydrogens (tertiary/aromatic N) is 1. The van der Waals surface area contributed by atoms with E-state index in [1.54, 1.807) is 36.4 Å². The van der Waals surface area contributed by atoms with Crippen LogP contribution >= 0.6 is 0 Å². The normalized spacial score (nSPS) is 16.7. The van der Waals surface area contributed by atoms with E-state index in [2.05, 4.69) is 0 Å². The zero-order valence-corrected chi connectivity index (χ0v) is 18.6. The second kappa shape index (κ2) is 7.89. The number of esters is 2. The van der Waals surface area contributed by atoms with Gasteiger partial charge >= 0.3 is 11.9 Å². The summed E-state index contributed by atoms with van der Waals surface area (Å²) in [6, 6.07) is 18.1. The van der Waals surface area contributed by atoms with Crippen LogP contribution in [0.5, 0.6) is 23.0 Å². The van der Waals surface area contributed by atoms with E-state index in [0.29, 0.717) is 22.3 Å². The standard InChI is InChI=1S/C27H14FNO8/c28-22-10-5-14(29(33)34)11-18(22)25(31)35-16-7-9-21-24(13-16)36-23-12-15(30)6-8-20(23)27(21)19-4-2-1-3-17(19)26(32)37-27/h1-13,30H/t27-/m0/s1. The molecular formula is C27H14FNO8. The maximum Gasteiger partial charge on any atom is 0.346 e. The SMILES string of the molecule is O=C(Oc1ccc2c(c1)Oc1cc(O)ccc1[C@]21OC(=O)c2ccccc21)c1cc([N+](=O)[O-])ccc1F. The fraction of sp³-hybridized carbons (Fsp3) is 0.0370. The number of phenolic OH excluding ortho intramolecular Hbond substituents is 1. The second-order valence-electron chi connectivity index (χ2n) is 8.37. The van der Waals surface area contributed by atoms with Crippen molar-refractivity contribution >= 4 is 17.6 Å². The van der Waals surface area contributed by atoms with Gasteiger partial charge < -0.3 is 19.3 Å². The molecule has 0 fully saturated rings. The number of hydrogen-bond acceptors (Lipinski definition) is 8. The van der Waals surface area contributed by atoms with E-state index >= 15 is 0 Å². The number of nitro groups is 1. The van der Waals surface area contributed by atoms with Gasteiger partial charge in [-0.25, -0.2) is 14.0 Å². The van der Waals surface area contributed by atoms with Crippen LogP contribution in [0.15, 0.2) is 78.9 Å². The number of carbonyl (C=O) groups excluding carboxylic acids is 2. The average molecular weight is 499 g/mol. The molecule has 0 saturated carbocycles. The molecule has 0 aliphatic carbocycles. The van der Waals surface area contributed by atoms with Gasteiger partial charge in [-0.2, -0.15) is 0 Å². The molecule has 6 rings (SSSR count). The number of non-ortho nitro benzene ring substituents is 1. The Bertz CT molecular complexity index is 1670. The van der Waals surface area contributed by atoms with E-state index in [4.69, 9.17) is 14.2 Å². The van der Waals surface area contributed by atoms with Gasteiger partial charge in [-0.1, -0.05) is 18.2 Å². The third-order valence-corrected chi connectivity index (χ3v) is 6.26. The van der Waals surface area contributed by atoms with E-state index in [0.717, 1.165) is 18.2 Å². The quantitative estimate of drug-likeness (QED) is 0.176. The van der Waals surface area contributed by atoms with Gasteiger partial charge in [0.25, 0.3) is 5.69 Å². The third kappa shape index (κ3) is 3.30. The molecule has 10 heteroatoms. The molecule has 37 heavy (non-hydrogen) atoms. The molecule has 9 nitrogen and oxygen atoms in total. The Morgan fingerprint density at radius 3 is 2.46 bits per heavy atom. The Morgan fingerprint density at radius 1 is 0.946 bits per heavy atom. The molecular weight excluding hydrogens is 485 g/mol. The summed E-state index contributed by atoms with van der Waals surface area (Å²) in [6.07, 6.45) is 0. The second-order valence-corrected chi connectivity index (χ2v) is 8.37. The summed E-state index contributed by atoms with van der Waals surface area (Å²) in [4.78, 5) is 35.8. The first kappa shape index (κ1) is 22.2. The smallest absolute Gasteiger partial charge is 0.346 e. The number of hydrogen-bond donors (Lipinski definition) is 1. The minimum atomic E-state index is -1.39. The maximum absolute atomic E-state index is 14.2. The molecule has 1 spiro atoms. The fourth-order valence-corrected chi connectivity index (χ4v) is 4.65. The number of rotatable bonds is 3. The summed E-state index contributed by atoms with van der Waals surface area (Å²) in [5.41, 5.74) is -0.616. The molecule has 0 saturated heterocycles. The number of nitro benzene ring substituents is 1. The van der Waals surface area contributed by atoms with Gasteiger partial charge in [-0.15, -0.1) is 0 Å². The summed E-state index contributed by atoms with van der Waals surface area (Å²) in [5.74, 6) is -2.44. The fourth-order valence-electron chi connectivity index (χ4n) is 4.65. The van der Waals surface area contributed by atoms with E-state index in [9.17, 15) is 29.2 Å². The number of benzene rings is 4. The lowest BCUT2D eigenvalue weighted by molar-refractivity contribution is -0.384. The van der Waals surface area contributed by atoms with Gasteiger partial charge in [0.05, 0.1) is 10.5 Å². The summed E-state index contributed by atoms with van der Waals surface area (Å²) in [5, 5.41) is 21.1. The highest BCUT2D eigenvalue weighted by atomic mass is 19.1. The predicted octanol–water partition coefficient (Wildman–Crippen LogP) is 5.23. The van der Waals surface area contributed by atoms with E-state index in [1.165, 1.54) is 24.3 Å². The first-order valence-corrected chi connectivity index (χ1v) is 10.9. The Labute approximate surface area is 207 Å². The summed E-state index contributed by atoms with van der Waals surface area (Å²) >= 11 is 0. The van der Waals surface area contributed by atoms with Crippen molar-refractivity contribution in [3.8, 4) is 23.0 Å². The highest BCUT2D eigenvalue weighted by Gasteiger charge is 2.53. The molecule has 0 bridgehead atoms. The van der Waals surface area contributed by atoms with Crippen molar-refractivity contribution in [2.24, 2.45) is 0 Å². The van der Waals surface area contributed by atoms with Gasteiger partial charge in [-0.05, 0) is 36.4 Å². The average Bonchev–Trinajstić information content (AvgIpc) is 3.16. The lowest BCUT2D eigenvalue weighted by Gasteiger charge is -2.36. The van der Waals surface area contributed by atoms with Crippen molar-refractivity contribution in [1.29, 1.82) is 0 Å². The molecule has 1 atom stereocenters. The highest BCUT2D eigenvalue weighted by molar-refractivity contribution is 5.97. The summed E-state index contributed by atoms with van der Waals surface area (Å²) in [6.45, 7) is 0. The van der Waals surface area contributed by atoms with Crippen molar-refractivity contribution < 1.29 is 38.2 Å². The van der Waals surface area contributed by atoms with Crippen LogP contribution in [0.4, 0.5) is 10.1 Å². The molecule has 0 unspecified atom stereocenters. The lowest BCUT2D eigenvalue weighted by atomic mass is 9.77. The highest BCUT2D eigenvalue weighted by Crippen LogP contribution is 2.56. The maximum atomic E-state index is 14.2. The van der Waals surface area contributed by atoms with E-state index in [-0.39, 0.29) is 23.0 Å². The number of halogens is 1. The van der Waals surface area contributed by atoms with Gasteiger partial charge in [0.1, 0.15) is 34.4 Å². The third-order valence-electron chi connectivity index (χ3n) is 6.26. The first-order valence-electron chi connectivity index (χ1n) is 10.9. The van der Waals surface area contributed by atoms with Crippen molar-refractivity contribution in [2.75, 3.05) is 0 Å². The Balaban J connectivity index is 1.45. The first-order chi connectivity index (χ1) is 17.8. The van der Waals surface area contributed by atoms with Crippen molar-refractivity contribution in [3.63, 3.8) is 0 Å². The number of phenols is 1. The minimum absolute atomic E-state index is 0.0500. The molecule has 0 amide bonds. The van der Waals surface area contributed by atoms with Gasteiger partial charge in [-0.3, -0.25) is 10.1 Å². The van der Waals surface area contributed by atoms with Crippen molar-refractivity contribution in [2.45, 2.75) is 5.60 Å². The van der Waals surface area contributed by atoms with Crippen LogP contribution in [-0.4, -0.2) is 22.0 Å². The van der Waals surface area contributed by atoms with Gasteiger partial charge in [0.15, 0.2) is 5.60 Å².